The molecule has 4 N–H and O–H groups in total. The molecule has 1 atom stereocenters. The minimum absolute atomic E-state index is 0.134. The number of amides is 2. The van der Waals surface area contributed by atoms with Crippen LogP contribution in [-0.2, 0) is 11.0 Å². The summed E-state index contributed by atoms with van der Waals surface area (Å²) >= 11 is 6.67. The smallest absolute Gasteiger partial charge is 0.418 e. The van der Waals surface area contributed by atoms with Gasteiger partial charge in [0.05, 0.1) is 33.2 Å². The van der Waals surface area contributed by atoms with Crippen LogP contribution in [0.2, 0.25) is 5.02 Å². The maximum atomic E-state index is 13.3. The number of thioether (sulfide) groups is 1. The Morgan fingerprint density at radius 1 is 0.895 bits per heavy atom. The van der Waals surface area contributed by atoms with Gasteiger partial charge in [0.2, 0.25) is 5.91 Å². The number of hydrogen-bond donors (Lipinski definition) is 4. The lowest BCUT2D eigenvalue weighted by Crippen LogP contribution is -2.24. The van der Waals surface area contributed by atoms with Crippen LogP contribution in [0.5, 0.6) is 0 Å². The van der Waals surface area contributed by atoms with Crippen LogP contribution in [0.15, 0.2) is 65.6 Å². The number of hydrogen-bond acceptors (Lipinski definition) is 5. The Kier molecular flexibility index (Phi) is 8.69. The molecule has 198 valence electrons. The molecular formula is C25H18ClF3N2O6S. The summed E-state index contributed by atoms with van der Waals surface area (Å²) < 4.78 is 39.9. The van der Waals surface area contributed by atoms with Crippen LogP contribution < -0.4 is 10.6 Å². The second kappa shape index (κ2) is 11.6. The highest BCUT2D eigenvalue weighted by Crippen LogP contribution is 2.37. The molecule has 8 nitrogen and oxygen atoms in total. The Hall–Kier alpha value is -4.03. The molecule has 2 amide bonds. The van der Waals surface area contributed by atoms with Crippen LogP contribution >= 0.6 is 23.4 Å². The lowest BCUT2D eigenvalue weighted by atomic mass is 10.0. The van der Waals surface area contributed by atoms with Gasteiger partial charge in [-0.05, 0) is 61.5 Å². The first-order valence-electron chi connectivity index (χ1n) is 10.6. The van der Waals surface area contributed by atoms with E-state index in [9.17, 15) is 37.5 Å². The summed E-state index contributed by atoms with van der Waals surface area (Å²) in [7, 11) is 0. The number of benzene rings is 3. The van der Waals surface area contributed by atoms with Crippen LogP contribution in [0.25, 0.3) is 0 Å². The van der Waals surface area contributed by atoms with Crippen molar-refractivity contribution >= 4 is 58.5 Å². The summed E-state index contributed by atoms with van der Waals surface area (Å²) in [6.45, 7) is 1.48. The van der Waals surface area contributed by atoms with Gasteiger partial charge in [-0.2, -0.15) is 13.2 Å². The minimum atomic E-state index is -4.73. The number of nitrogens with one attached hydrogen (secondary N) is 2. The minimum Gasteiger partial charge on any atom is -0.478 e. The molecule has 13 heteroatoms. The van der Waals surface area contributed by atoms with E-state index in [2.05, 4.69) is 10.6 Å². The van der Waals surface area contributed by atoms with Crippen LogP contribution in [-0.4, -0.2) is 39.2 Å². The van der Waals surface area contributed by atoms with Crippen LogP contribution in [0, 0.1) is 0 Å². The second-order valence-corrected chi connectivity index (χ2v) is 9.64. The van der Waals surface area contributed by atoms with Crippen molar-refractivity contribution < 1.29 is 42.6 Å². The van der Waals surface area contributed by atoms with Crippen LogP contribution in [0.1, 0.15) is 43.6 Å². The quantitative estimate of drug-likeness (QED) is 0.241. The topological polar surface area (TPSA) is 133 Å². The van der Waals surface area contributed by atoms with E-state index in [1.807, 2.05) is 0 Å². The lowest BCUT2D eigenvalue weighted by Gasteiger charge is -2.17. The van der Waals surface area contributed by atoms with Crippen LogP contribution in [0.4, 0.5) is 24.5 Å². The van der Waals surface area contributed by atoms with E-state index in [0.29, 0.717) is 11.0 Å². The SMILES string of the molecule is CC(Sc1cccc(NC(=O)c2ccc(C(=O)O)cc2C(=O)O)c1)C(=O)Nc1ccc(Cl)cc1C(F)(F)F. The van der Waals surface area contributed by atoms with Crippen molar-refractivity contribution in [3.63, 3.8) is 0 Å². The van der Waals surface area contributed by atoms with E-state index in [-0.39, 0.29) is 21.8 Å². The first-order chi connectivity index (χ1) is 17.8. The highest BCUT2D eigenvalue weighted by Gasteiger charge is 2.34. The molecule has 0 aromatic heterocycles. The fourth-order valence-electron chi connectivity index (χ4n) is 3.25. The van der Waals surface area contributed by atoms with Crippen molar-refractivity contribution in [2.24, 2.45) is 0 Å². The molecular weight excluding hydrogens is 549 g/mol. The van der Waals surface area contributed by atoms with Gasteiger partial charge in [-0.1, -0.05) is 17.7 Å². The number of carbonyl (C=O) groups is 4. The Morgan fingerprint density at radius 3 is 2.24 bits per heavy atom. The van der Waals surface area contributed by atoms with E-state index in [1.165, 1.54) is 25.1 Å². The fourth-order valence-corrected chi connectivity index (χ4v) is 4.35. The van der Waals surface area contributed by atoms with E-state index < -0.39 is 52.0 Å². The number of carboxylic acids is 2. The average Bonchev–Trinajstić information content (AvgIpc) is 2.84. The van der Waals surface area contributed by atoms with Gasteiger partial charge >= 0.3 is 18.1 Å². The molecule has 0 spiro atoms. The highest BCUT2D eigenvalue weighted by atomic mass is 35.5. The Labute approximate surface area is 222 Å². The van der Waals surface area contributed by atoms with E-state index >= 15 is 0 Å². The summed E-state index contributed by atoms with van der Waals surface area (Å²) in [4.78, 5) is 48.4. The molecule has 0 aliphatic carbocycles. The number of halogens is 4. The van der Waals surface area contributed by atoms with E-state index in [4.69, 9.17) is 16.7 Å². The Morgan fingerprint density at radius 2 is 1.61 bits per heavy atom. The average molecular weight is 567 g/mol. The first kappa shape index (κ1) is 28.5. The Bertz CT molecular complexity index is 1430. The maximum absolute atomic E-state index is 13.3. The Balaban J connectivity index is 1.73. The summed E-state index contributed by atoms with van der Waals surface area (Å²) in [5.74, 6) is -4.36. The summed E-state index contributed by atoms with van der Waals surface area (Å²) in [5, 5.41) is 22.2. The number of alkyl halides is 3. The van der Waals surface area contributed by atoms with Crippen molar-refractivity contribution in [2.75, 3.05) is 10.6 Å². The van der Waals surface area contributed by atoms with Gasteiger partial charge in [0.1, 0.15) is 0 Å². The summed E-state index contributed by atoms with van der Waals surface area (Å²) in [6.07, 6.45) is -4.73. The van der Waals surface area contributed by atoms with Gasteiger partial charge < -0.3 is 20.8 Å². The van der Waals surface area contributed by atoms with Gasteiger partial charge in [-0.25, -0.2) is 9.59 Å². The predicted octanol–water partition coefficient (Wildman–Crippen LogP) is 6.13. The van der Waals surface area contributed by atoms with Crippen molar-refractivity contribution in [3.8, 4) is 0 Å². The maximum Gasteiger partial charge on any atom is 0.418 e. The van der Waals surface area contributed by atoms with Gasteiger partial charge in [0, 0.05) is 15.6 Å². The lowest BCUT2D eigenvalue weighted by molar-refractivity contribution is -0.137. The predicted molar refractivity (Wildman–Crippen MR) is 135 cm³/mol. The number of rotatable bonds is 8. The second-order valence-electron chi connectivity index (χ2n) is 7.79. The molecule has 0 aliphatic rings. The van der Waals surface area contributed by atoms with E-state index in [0.717, 1.165) is 36.0 Å². The third-order valence-electron chi connectivity index (χ3n) is 5.06. The van der Waals surface area contributed by atoms with Gasteiger partial charge in [0.25, 0.3) is 5.91 Å². The van der Waals surface area contributed by atoms with Crippen molar-refractivity contribution in [1.29, 1.82) is 0 Å². The normalized spacial score (nSPS) is 11.9. The number of anilines is 2. The van der Waals surface area contributed by atoms with Gasteiger partial charge in [-0.3, -0.25) is 9.59 Å². The summed E-state index contributed by atoms with van der Waals surface area (Å²) in [6, 6.07) is 12.2. The van der Waals surface area contributed by atoms with Crippen molar-refractivity contribution in [2.45, 2.75) is 23.2 Å². The van der Waals surface area contributed by atoms with E-state index in [1.54, 1.807) is 12.1 Å². The molecule has 3 rings (SSSR count). The molecule has 1 unspecified atom stereocenters. The zero-order valence-electron chi connectivity index (χ0n) is 19.3. The zero-order valence-corrected chi connectivity index (χ0v) is 20.9. The monoisotopic (exact) mass is 566 g/mol. The first-order valence-corrected chi connectivity index (χ1v) is 11.9. The molecule has 0 saturated carbocycles. The fraction of sp³-hybridized carbons (Fsp3) is 0.120. The van der Waals surface area contributed by atoms with Gasteiger partial charge in [-0.15, -0.1) is 11.8 Å². The molecule has 0 fully saturated rings. The van der Waals surface area contributed by atoms with Crippen molar-refractivity contribution in [3.05, 3.63) is 87.9 Å². The molecule has 3 aromatic carbocycles. The molecule has 0 bridgehead atoms. The third kappa shape index (κ3) is 7.05. The largest absolute Gasteiger partial charge is 0.478 e. The molecule has 0 radical (unpaired) electrons. The number of carbonyl (C=O) groups excluding carboxylic acids is 2. The number of aromatic carboxylic acids is 2. The molecule has 0 saturated heterocycles. The standard InChI is InChI=1S/C25H18ClF3N2O6S/c1-12(21(32)31-20-8-6-14(26)10-19(20)25(27,28)29)38-16-4-2-3-15(11-16)30-22(33)17-7-5-13(23(34)35)9-18(17)24(36)37/h2-12H,1H3,(H,30,33)(H,31,32)(H,34,35)(H,36,37). The molecule has 38 heavy (non-hydrogen) atoms. The summed E-state index contributed by atoms with van der Waals surface area (Å²) in [5.41, 5.74) is -2.36. The molecule has 0 aliphatic heterocycles. The number of carboxylic acid groups (broad SMARTS) is 2. The van der Waals surface area contributed by atoms with Gasteiger partial charge in [0.15, 0.2) is 0 Å². The highest BCUT2D eigenvalue weighted by molar-refractivity contribution is 8.00. The van der Waals surface area contributed by atoms with Crippen molar-refractivity contribution in [1.82, 2.24) is 0 Å². The third-order valence-corrected chi connectivity index (χ3v) is 6.39. The molecule has 0 heterocycles. The zero-order chi connectivity index (χ0) is 28.2. The molecule has 3 aromatic rings. The van der Waals surface area contributed by atoms with Crippen LogP contribution in [0.3, 0.4) is 0 Å².